The second-order valence-electron chi connectivity index (χ2n) is 7.08. The van der Waals surface area contributed by atoms with E-state index in [1.165, 1.54) is 0 Å². The lowest BCUT2D eigenvalue weighted by Crippen LogP contribution is -2.14. The first-order valence-corrected chi connectivity index (χ1v) is 9.94. The van der Waals surface area contributed by atoms with Crippen LogP contribution in [0.3, 0.4) is 0 Å². The number of para-hydroxylation sites is 1. The molecule has 32 heavy (non-hydrogen) atoms. The molecule has 0 radical (unpaired) electrons. The zero-order valence-electron chi connectivity index (χ0n) is 16.8. The van der Waals surface area contributed by atoms with Gasteiger partial charge in [0.05, 0.1) is 11.1 Å². The molecule has 0 saturated carbocycles. The van der Waals surface area contributed by atoms with Gasteiger partial charge in [-0.05, 0) is 35.4 Å². The van der Waals surface area contributed by atoms with Gasteiger partial charge in [-0.3, -0.25) is 20.2 Å². The van der Waals surface area contributed by atoms with E-state index in [2.05, 4.69) is 30.6 Å². The molecule has 156 valence electrons. The standard InChI is InChI=1S/C24H18N6O2/c31-21(17-11-9-16(10-12-17)15-5-2-1-3-6-15)29-24-27-19-8-4-7-18(20(19)28-24)22(32)30-23-25-13-14-26-23/h1-14H,(H2,25,26,30,32)(H2,27,28,29,31). The first kappa shape index (κ1) is 19.3. The van der Waals surface area contributed by atoms with E-state index in [9.17, 15) is 9.59 Å². The van der Waals surface area contributed by atoms with Crippen LogP contribution in [-0.4, -0.2) is 31.8 Å². The van der Waals surface area contributed by atoms with Crippen molar-refractivity contribution in [1.29, 1.82) is 0 Å². The number of anilines is 2. The molecule has 5 rings (SSSR count). The van der Waals surface area contributed by atoms with Crippen molar-refractivity contribution in [2.24, 2.45) is 0 Å². The first-order chi connectivity index (χ1) is 15.7. The average molecular weight is 422 g/mol. The number of hydrogen-bond acceptors (Lipinski definition) is 4. The van der Waals surface area contributed by atoms with Gasteiger partial charge >= 0.3 is 0 Å². The van der Waals surface area contributed by atoms with E-state index in [-0.39, 0.29) is 17.8 Å². The van der Waals surface area contributed by atoms with Crippen LogP contribution in [0, 0.1) is 0 Å². The normalized spacial score (nSPS) is 10.8. The molecular weight excluding hydrogens is 404 g/mol. The SMILES string of the molecule is O=C(Nc1nc2c(C(=O)Nc3ncc[nH]3)cccc2[nH]1)c1ccc(-c2ccccc2)cc1. The van der Waals surface area contributed by atoms with Crippen LogP contribution in [0.2, 0.25) is 0 Å². The van der Waals surface area contributed by atoms with E-state index in [0.29, 0.717) is 28.1 Å². The van der Waals surface area contributed by atoms with E-state index >= 15 is 0 Å². The summed E-state index contributed by atoms with van der Waals surface area (Å²) >= 11 is 0. The quantitative estimate of drug-likeness (QED) is 0.335. The van der Waals surface area contributed by atoms with E-state index in [0.717, 1.165) is 11.1 Å². The van der Waals surface area contributed by atoms with Crippen LogP contribution in [0.25, 0.3) is 22.2 Å². The van der Waals surface area contributed by atoms with Gasteiger partial charge in [-0.25, -0.2) is 9.97 Å². The Morgan fingerprint density at radius 1 is 0.750 bits per heavy atom. The molecule has 0 saturated heterocycles. The molecule has 8 nitrogen and oxygen atoms in total. The van der Waals surface area contributed by atoms with Crippen LogP contribution in [0.4, 0.5) is 11.9 Å². The van der Waals surface area contributed by atoms with Gasteiger partial charge in [0.15, 0.2) is 0 Å². The molecule has 2 amide bonds. The van der Waals surface area contributed by atoms with Gasteiger partial charge in [0.25, 0.3) is 11.8 Å². The number of rotatable bonds is 5. The topological polar surface area (TPSA) is 116 Å². The largest absolute Gasteiger partial charge is 0.331 e. The summed E-state index contributed by atoms with van der Waals surface area (Å²) in [6.45, 7) is 0. The van der Waals surface area contributed by atoms with Crippen molar-refractivity contribution >= 4 is 34.7 Å². The molecule has 0 aliphatic heterocycles. The maximum absolute atomic E-state index is 12.7. The lowest BCUT2D eigenvalue weighted by Gasteiger charge is -2.04. The number of carbonyl (C=O) groups excluding carboxylic acids is 2. The lowest BCUT2D eigenvalue weighted by molar-refractivity contribution is 0.101. The molecule has 0 aliphatic rings. The van der Waals surface area contributed by atoms with Crippen LogP contribution >= 0.6 is 0 Å². The molecule has 0 spiro atoms. The molecule has 0 bridgehead atoms. The molecule has 3 aromatic carbocycles. The maximum Gasteiger partial charge on any atom is 0.260 e. The third-order valence-electron chi connectivity index (χ3n) is 4.97. The zero-order valence-corrected chi connectivity index (χ0v) is 16.8. The van der Waals surface area contributed by atoms with Crippen molar-refractivity contribution in [1.82, 2.24) is 19.9 Å². The summed E-state index contributed by atoms with van der Waals surface area (Å²) in [7, 11) is 0. The second-order valence-corrected chi connectivity index (χ2v) is 7.08. The predicted octanol–water partition coefficient (Wildman–Crippen LogP) is 4.46. The number of fused-ring (bicyclic) bond motifs is 1. The number of imidazole rings is 2. The minimum Gasteiger partial charge on any atom is -0.331 e. The van der Waals surface area contributed by atoms with Crippen molar-refractivity contribution in [2.45, 2.75) is 0 Å². The summed E-state index contributed by atoms with van der Waals surface area (Å²) in [5, 5.41) is 5.44. The zero-order chi connectivity index (χ0) is 21.9. The molecule has 2 aromatic heterocycles. The molecule has 0 fully saturated rings. The Kier molecular flexibility index (Phi) is 4.93. The number of hydrogen-bond donors (Lipinski definition) is 4. The van der Waals surface area contributed by atoms with Gasteiger partial charge in [0.1, 0.15) is 5.52 Å². The minimum absolute atomic E-state index is 0.260. The van der Waals surface area contributed by atoms with E-state index in [1.807, 2.05) is 42.5 Å². The average Bonchev–Trinajstić information content (AvgIpc) is 3.48. The van der Waals surface area contributed by atoms with Crippen molar-refractivity contribution in [3.05, 3.63) is 96.3 Å². The van der Waals surface area contributed by atoms with Crippen molar-refractivity contribution in [3.63, 3.8) is 0 Å². The highest BCUT2D eigenvalue weighted by Crippen LogP contribution is 2.22. The van der Waals surface area contributed by atoms with Crippen molar-refractivity contribution < 1.29 is 9.59 Å². The van der Waals surface area contributed by atoms with Gasteiger partial charge in [-0.1, -0.05) is 48.5 Å². The summed E-state index contributed by atoms with van der Waals surface area (Å²) in [5.74, 6) is -0.0536. The molecule has 0 unspecified atom stereocenters. The van der Waals surface area contributed by atoms with Gasteiger partial charge in [-0.15, -0.1) is 0 Å². The second kappa shape index (κ2) is 8.19. The third-order valence-corrected chi connectivity index (χ3v) is 4.97. The Hall–Kier alpha value is -4.72. The molecule has 0 aliphatic carbocycles. The summed E-state index contributed by atoms with van der Waals surface area (Å²) in [5.41, 5.74) is 4.05. The number of amides is 2. The Balaban J connectivity index is 1.35. The highest BCUT2D eigenvalue weighted by molar-refractivity contribution is 6.11. The van der Waals surface area contributed by atoms with Crippen LogP contribution in [-0.2, 0) is 0 Å². The number of nitrogens with zero attached hydrogens (tertiary/aromatic N) is 2. The summed E-state index contributed by atoms with van der Waals surface area (Å²) in [6, 6.07) is 22.5. The monoisotopic (exact) mass is 422 g/mol. The lowest BCUT2D eigenvalue weighted by atomic mass is 10.0. The third kappa shape index (κ3) is 3.84. The summed E-state index contributed by atoms with van der Waals surface area (Å²) < 4.78 is 0. The Morgan fingerprint density at radius 2 is 1.50 bits per heavy atom. The number of carbonyl (C=O) groups is 2. The van der Waals surface area contributed by atoms with E-state index in [4.69, 9.17) is 0 Å². The van der Waals surface area contributed by atoms with Gasteiger partial charge < -0.3 is 9.97 Å². The molecule has 2 heterocycles. The number of H-pyrrole nitrogens is 2. The Morgan fingerprint density at radius 3 is 2.25 bits per heavy atom. The number of benzene rings is 3. The summed E-state index contributed by atoms with van der Waals surface area (Å²) in [4.78, 5) is 39.6. The van der Waals surface area contributed by atoms with E-state index < -0.39 is 0 Å². The summed E-state index contributed by atoms with van der Waals surface area (Å²) in [6.07, 6.45) is 3.16. The fourth-order valence-corrected chi connectivity index (χ4v) is 3.41. The Bertz CT molecular complexity index is 1390. The molecule has 4 N–H and O–H groups in total. The van der Waals surface area contributed by atoms with Crippen LogP contribution in [0.5, 0.6) is 0 Å². The minimum atomic E-state index is -0.355. The molecular formula is C24H18N6O2. The molecule has 0 atom stereocenters. The Labute approximate surface area is 182 Å². The highest BCUT2D eigenvalue weighted by atomic mass is 16.2. The number of aromatic amines is 2. The maximum atomic E-state index is 12.7. The van der Waals surface area contributed by atoms with Gasteiger partial charge in [0.2, 0.25) is 11.9 Å². The molecule has 5 aromatic rings. The fraction of sp³-hybridized carbons (Fsp3) is 0. The molecule has 8 heteroatoms. The number of nitrogens with one attached hydrogen (secondary N) is 4. The van der Waals surface area contributed by atoms with Gasteiger partial charge in [0, 0.05) is 18.0 Å². The van der Waals surface area contributed by atoms with E-state index in [1.54, 1.807) is 42.7 Å². The first-order valence-electron chi connectivity index (χ1n) is 9.94. The van der Waals surface area contributed by atoms with Crippen molar-refractivity contribution in [2.75, 3.05) is 10.6 Å². The highest BCUT2D eigenvalue weighted by Gasteiger charge is 2.16. The van der Waals surface area contributed by atoms with Crippen LogP contribution in [0.15, 0.2) is 85.2 Å². The smallest absolute Gasteiger partial charge is 0.260 e. The van der Waals surface area contributed by atoms with Crippen LogP contribution in [0.1, 0.15) is 20.7 Å². The fourth-order valence-electron chi connectivity index (χ4n) is 3.41. The number of aromatic nitrogens is 4. The van der Waals surface area contributed by atoms with Crippen LogP contribution < -0.4 is 10.6 Å². The predicted molar refractivity (Wildman–Crippen MR) is 122 cm³/mol. The van der Waals surface area contributed by atoms with Crippen molar-refractivity contribution in [3.8, 4) is 11.1 Å². The van der Waals surface area contributed by atoms with Gasteiger partial charge in [-0.2, -0.15) is 0 Å².